The second-order valence-electron chi connectivity index (χ2n) is 6.19. The lowest BCUT2D eigenvalue weighted by atomic mass is 10.0. The summed E-state index contributed by atoms with van der Waals surface area (Å²) in [5.41, 5.74) is 0.998. The minimum atomic E-state index is 0.472. The normalized spacial score (nSPS) is 18.8. The highest BCUT2D eigenvalue weighted by molar-refractivity contribution is 5.30. The van der Waals surface area contributed by atoms with Gasteiger partial charge in [-0.15, -0.1) is 5.10 Å². The Bertz CT molecular complexity index is 750. The molecular formula is C17H21N7. The van der Waals surface area contributed by atoms with Crippen molar-refractivity contribution < 1.29 is 0 Å². The van der Waals surface area contributed by atoms with Crippen LogP contribution in [0.25, 0.3) is 5.69 Å². The van der Waals surface area contributed by atoms with Gasteiger partial charge in [0.2, 0.25) is 0 Å². The lowest BCUT2D eigenvalue weighted by Gasteiger charge is -2.35. The highest BCUT2D eigenvalue weighted by Gasteiger charge is 2.25. The quantitative estimate of drug-likeness (QED) is 0.718. The summed E-state index contributed by atoms with van der Waals surface area (Å²) in [4.78, 5) is 2.48. The molecule has 1 atom stereocenters. The van der Waals surface area contributed by atoms with Crippen molar-refractivity contribution in [1.82, 2.24) is 34.9 Å². The van der Waals surface area contributed by atoms with Gasteiger partial charge in [-0.2, -0.15) is 9.78 Å². The van der Waals surface area contributed by atoms with Gasteiger partial charge < -0.3 is 0 Å². The van der Waals surface area contributed by atoms with Crippen LogP contribution in [-0.2, 0) is 13.1 Å². The van der Waals surface area contributed by atoms with Crippen LogP contribution < -0.4 is 0 Å². The predicted molar refractivity (Wildman–Crippen MR) is 89.4 cm³/mol. The second kappa shape index (κ2) is 6.92. The summed E-state index contributed by atoms with van der Waals surface area (Å²) in [5, 5.41) is 16.7. The van der Waals surface area contributed by atoms with Crippen LogP contribution in [0, 0.1) is 0 Å². The molecule has 2 aromatic heterocycles. The first-order valence-corrected chi connectivity index (χ1v) is 8.44. The fourth-order valence-electron chi connectivity index (χ4n) is 3.36. The van der Waals surface area contributed by atoms with Crippen LogP contribution >= 0.6 is 0 Å². The van der Waals surface area contributed by atoms with Gasteiger partial charge in [0.15, 0.2) is 5.82 Å². The maximum Gasteiger partial charge on any atom is 0.170 e. The molecule has 1 saturated heterocycles. The van der Waals surface area contributed by atoms with Gasteiger partial charge in [-0.25, -0.2) is 0 Å². The van der Waals surface area contributed by atoms with Gasteiger partial charge in [0.05, 0.1) is 18.8 Å². The molecule has 3 heterocycles. The van der Waals surface area contributed by atoms with E-state index < -0.39 is 0 Å². The Hall–Kier alpha value is -2.54. The topological polar surface area (TPSA) is 64.7 Å². The van der Waals surface area contributed by atoms with Crippen LogP contribution in [0.1, 0.15) is 25.1 Å². The van der Waals surface area contributed by atoms with Crippen LogP contribution in [-0.4, -0.2) is 47.5 Å². The van der Waals surface area contributed by atoms with E-state index in [1.54, 1.807) is 0 Å². The number of nitrogens with zero attached hydrogens (tertiary/aromatic N) is 7. The molecule has 24 heavy (non-hydrogen) atoms. The van der Waals surface area contributed by atoms with Gasteiger partial charge in [-0.3, -0.25) is 9.58 Å². The van der Waals surface area contributed by atoms with Gasteiger partial charge in [0.1, 0.15) is 0 Å². The first kappa shape index (κ1) is 15.0. The number of aromatic nitrogens is 6. The molecule has 0 unspecified atom stereocenters. The standard InChI is InChI=1S/C17H21N7/c1-2-7-15(8-3-1)24-17(19-20-21-24)14-22-11-5-4-9-16(22)13-23-12-6-10-18-23/h1-3,6-8,10,12,16H,4-5,9,11,13-14H2/t16-/m1/s1. The van der Waals surface area contributed by atoms with E-state index in [1.165, 1.54) is 19.3 Å². The highest BCUT2D eigenvalue weighted by atomic mass is 15.5. The maximum absolute atomic E-state index is 4.35. The van der Waals surface area contributed by atoms with Crippen molar-refractivity contribution >= 4 is 0 Å². The highest BCUT2D eigenvalue weighted by Crippen LogP contribution is 2.21. The molecule has 0 amide bonds. The third kappa shape index (κ3) is 3.21. The zero-order valence-electron chi connectivity index (χ0n) is 13.6. The number of benzene rings is 1. The average molecular weight is 323 g/mol. The van der Waals surface area contributed by atoms with Crippen molar-refractivity contribution in [3.63, 3.8) is 0 Å². The predicted octanol–water partition coefficient (Wildman–Crippen LogP) is 1.91. The summed E-state index contributed by atoms with van der Waals surface area (Å²) in [5.74, 6) is 0.883. The largest absolute Gasteiger partial charge is 0.291 e. The Morgan fingerprint density at radius 1 is 1.08 bits per heavy atom. The SMILES string of the molecule is c1ccc(-n2nnnc2CN2CCCC[C@@H]2Cn2cccn2)cc1. The molecule has 124 valence electrons. The van der Waals surface area contributed by atoms with E-state index in [2.05, 4.69) is 25.5 Å². The molecule has 7 nitrogen and oxygen atoms in total. The number of rotatable bonds is 5. The summed E-state index contributed by atoms with van der Waals surface area (Å²) in [6.07, 6.45) is 7.55. The fourth-order valence-corrected chi connectivity index (χ4v) is 3.36. The summed E-state index contributed by atoms with van der Waals surface area (Å²) < 4.78 is 3.85. The van der Waals surface area contributed by atoms with E-state index in [0.717, 1.165) is 31.1 Å². The minimum Gasteiger partial charge on any atom is -0.291 e. The van der Waals surface area contributed by atoms with Crippen LogP contribution in [0.15, 0.2) is 48.8 Å². The molecule has 1 aromatic carbocycles. The number of hydrogen-bond acceptors (Lipinski definition) is 5. The molecule has 0 N–H and O–H groups in total. The summed E-state index contributed by atoms with van der Waals surface area (Å²) in [6.45, 7) is 2.75. The minimum absolute atomic E-state index is 0.472. The van der Waals surface area contributed by atoms with Crippen molar-refractivity contribution in [2.75, 3.05) is 6.54 Å². The van der Waals surface area contributed by atoms with Crippen molar-refractivity contribution in [2.24, 2.45) is 0 Å². The molecule has 0 saturated carbocycles. The van der Waals surface area contributed by atoms with Gasteiger partial charge in [0, 0.05) is 18.4 Å². The monoisotopic (exact) mass is 323 g/mol. The second-order valence-corrected chi connectivity index (χ2v) is 6.19. The van der Waals surface area contributed by atoms with Crippen molar-refractivity contribution in [3.8, 4) is 5.69 Å². The maximum atomic E-state index is 4.35. The Balaban J connectivity index is 1.52. The van der Waals surface area contributed by atoms with Gasteiger partial charge in [0.25, 0.3) is 0 Å². The molecule has 1 aliphatic heterocycles. The molecule has 0 aliphatic carbocycles. The van der Waals surface area contributed by atoms with Crippen LogP contribution in [0.2, 0.25) is 0 Å². The summed E-state index contributed by atoms with van der Waals surface area (Å²) in [7, 11) is 0. The zero-order valence-corrected chi connectivity index (χ0v) is 13.6. The molecule has 1 aliphatic rings. The smallest absolute Gasteiger partial charge is 0.170 e. The van der Waals surface area contributed by atoms with Gasteiger partial charge >= 0.3 is 0 Å². The Labute approximate surface area is 140 Å². The Morgan fingerprint density at radius 3 is 2.83 bits per heavy atom. The molecule has 3 aromatic rings. The molecule has 4 rings (SSSR count). The van der Waals surface area contributed by atoms with Crippen molar-refractivity contribution in [2.45, 2.75) is 38.4 Å². The van der Waals surface area contributed by atoms with Gasteiger partial charge in [-0.1, -0.05) is 24.6 Å². The number of hydrogen-bond donors (Lipinski definition) is 0. The number of tetrazole rings is 1. The zero-order chi connectivity index (χ0) is 16.2. The summed E-state index contributed by atoms with van der Waals surface area (Å²) >= 11 is 0. The third-order valence-electron chi connectivity index (χ3n) is 4.59. The molecule has 0 radical (unpaired) electrons. The molecule has 1 fully saturated rings. The Kier molecular flexibility index (Phi) is 4.33. The van der Waals surface area contributed by atoms with Crippen LogP contribution in [0.4, 0.5) is 0 Å². The first-order chi connectivity index (χ1) is 11.9. The van der Waals surface area contributed by atoms with Gasteiger partial charge in [-0.05, 0) is 48.0 Å². The molecule has 0 bridgehead atoms. The lowest BCUT2D eigenvalue weighted by molar-refractivity contribution is 0.118. The lowest BCUT2D eigenvalue weighted by Crippen LogP contribution is -2.42. The Morgan fingerprint density at radius 2 is 2.00 bits per heavy atom. The van der Waals surface area contributed by atoms with E-state index in [-0.39, 0.29) is 0 Å². The molecule has 0 spiro atoms. The van der Waals surface area contributed by atoms with Crippen LogP contribution in [0.5, 0.6) is 0 Å². The number of piperidine rings is 1. The van der Waals surface area contributed by atoms with E-state index in [4.69, 9.17) is 0 Å². The number of likely N-dealkylation sites (tertiary alicyclic amines) is 1. The van der Waals surface area contributed by atoms with Crippen molar-refractivity contribution in [3.05, 3.63) is 54.6 Å². The van der Waals surface area contributed by atoms with E-state index >= 15 is 0 Å². The fraction of sp³-hybridized carbons (Fsp3) is 0.412. The molecular weight excluding hydrogens is 302 g/mol. The first-order valence-electron chi connectivity index (χ1n) is 8.44. The van der Waals surface area contributed by atoms with Crippen molar-refractivity contribution in [1.29, 1.82) is 0 Å². The van der Waals surface area contributed by atoms with Crippen LogP contribution in [0.3, 0.4) is 0 Å². The molecule has 7 heteroatoms. The van der Waals surface area contributed by atoms with E-state index in [1.807, 2.05) is 58.2 Å². The average Bonchev–Trinajstić information content (AvgIpc) is 3.29. The summed E-state index contributed by atoms with van der Waals surface area (Å²) in [6, 6.07) is 12.5. The number of para-hydroxylation sites is 1. The third-order valence-corrected chi connectivity index (χ3v) is 4.59. The van der Waals surface area contributed by atoms with E-state index in [0.29, 0.717) is 6.04 Å². The van der Waals surface area contributed by atoms with E-state index in [9.17, 15) is 0 Å².